The Kier molecular flexibility index (Phi) is 3.98. The highest BCUT2D eigenvalue weighted by molar-refractivity contribution is 5.42. The van der Waals surface area contributed by atoms with Crippen LogP contribution < -0.4 is 11.3 Å². The van der Waals surface area contributed by atoms with Crippen molar-refractivity contribution in [2.75, 3.05) is 0 Å². The van der Waals surface area contributed by atoms with Crippen LogP contribution in [0.5, 0.6) is 0 Å². The van der Waals surface area contributed by atoms with E-state index in [1.54, 1.807) is 13.0 Å². The predicted octanol–water partition coefficient (Wildman–Crippen LogP) is 3.30. The molecule has 0 saturated carbocycles. The van der Waals surface area contributed by atoms with Crippen molar-refractivity contribution in [3.05, 3.63) is 70.0 Å². The number of hydrogen-bond donors (Lipinski definition) is 2. The smallest absolute Gasteiger partial charge is 0.126 e. The normalized spacial score (nSPS) is 12.5. The number of hydrazine groups is 1. The number of nitrogens with two attached hydrogens (primary N) is 1. The Hall–Kier alpha value is -1.71. The summed E-state index contributed by atoms with van der Waals surface area (Å²) >= 11 is 0. The molecule has 100 valence electrons. The van der Waals surface area contributed by atoms with E-state index in [4.69, 9.17) is 5.84 Å². The molecule has 0 saturated heterocycles. The lowest BCUT2D eigenvalue weighted by molar-refractivity contribution is 0.606. The van der Waals surface area contributed by atoms with Gasteiger partial charge in [0.2, 0.25) is 0 Å². The maximum atomic E-state index is 13.4. The van der Waals surface area contributed by atoms with Gasteiger partial charge in [-0.05, 0) is 54.7 Å². The molecule has 0 bridgehead atoms. The van der Waals surface area contributed by atoms with Crippen LogP contribution in [0.15, 0.2) is 36.4 Å². The van der Waals surface area contributed by atoms with Crippen molar-refractivity contribution >= 4 is 0 Å². The molecule has 0 aliphatic rings. The monoisotopic (exact) mass is 258 g/mol. The average Bonchev–Trinajstić information content (AvgIpc) is 2.37. The Labute approximate surface area is 113 Å². The number of rotatable bonds is 3. The first-order valence-corrected chi connectivity index (χ1v) is 6.33. The van der Waals surface area contributed by atoms with E-state index in [9.17, 15) is 4.39 Å². The highest BCUT2D eigenvalue weighted by Crippen LogP contribution is 2.28. The summed E-state index contributed by atoms with van der Waals surface area (Å²) in [5.74, 6) is 5.53. The molecule has 0 aliphatic carbocycles. The van der Waals surface area contributed by atoms with E-state index in [0.717, 1.165) is 11.1 Å². The molecule has 3 heteroatoms. The number of hydrogen-bond acceptors (Lipinski definition) is 2. The fourth-order valence-electron chi connectivity index (χ4n) is 2.48. The van der Waals surface area contributed by atoms with E-state index in [0.29, 0.717) is 5.56 Å². The van der Waals surface area contributed by atoms with Gasteiger partial charge in [-0.25, -0.2) is 9.82 Å². The number of nitrogens with one attached hydrogen (secondary N) is 1. The van der Waals surface area contributed by atoms with Crippen LogP contribution >= 0.6 is 0 Å². The Bertz CT molecular complexity index is 573. The molecular formula is C16H19FN2. The molecule has 0 heterocycles. The standard InChI is InChI=1S/C16H19FN2/c1-10-5-4-6-11(2)15(10)16(19-18)13-7-8-14(17)12(3)9-13/h4-9,16,19H,18H2,1-3H3. The third-order valence-electron chi connectivity index (χ3n) is 3.51. The Morgan fingerprint density at radius 1 is 1.00 bits per heavy atom. The number of benzene rings is 2. The summed E-state index contributed by atoms with van der Waals surface area (Å²) in [6, 6.07) is 11.1. The molecule has 2 nitrogen and oxygen atoms in total. The van der Waals surface area contributed by atoms with Gasteiger partial charge in [-0.1, -0.05) is 30.3 Å². The fraction of sp³-hybridized carbons (Fsp3) is 0.250. The summed E-state index contributed by atoms with van der Waals surface area (Å²) in [5, 5.41) is 0. The van der Waals surface area contributed by atoms with Gasteiger partial charge in [0, 0.05) is 0 Å². The quantitative estimate of drug-likeness (QED) is 0.655. The maximum absolute atomic E-state index is 13.4. The second-order valence-corrected chi connectivity index (χ2v) is 4.91. The summed E-state index contributed by atoms with van der Waals surface area (Å²) in [7, 11) is 0. The summed E-state index contributed by atoms with van der Waals surface area (Å²) in [6.07, 6.45) is 0. The zero-order valence-electron chi connectivity index (χ0n) is 11.5. The van der Waals surface area contributed by atoms with Crippen LogP contribution in [0.3, 0.4) is 0 Å². The molecule has 0 fully saturated rings. The van der Waals surface area contributed by atoms with Crippen molar-refractivity contribution in [1.29, 1.82) is 0 Å². The first kappa shape index (κ1) is 13.7. The van der Waals surface area contributed by atoms with Crippen molar-refractivity contribution in [2.45, 2.75) is 26.8 Å². The molecule has 19 heavy (non-hydrogen) atoms. The van der Waals surface area contributed by atoms with Crippen molar-refractivity contribution in [2.24, 2.45) is 5.84 Å². The van der Waals surface area contributed by atoms with Crippen molar-refractivity contribution in [3.8, 4) is 0 Å². The minimum Gasteiger partial charge on any atom is -0.271 e. The number of halogens is 1. The van der Waals surface area contributed by atoms with Crippen LogP contribution in [0, 0.1) is 26.6 Å². The highest BCUT2D eigenvalue weighted by atomic mass is 19.1. The second kappa shape index (κ2) is 5.51. The summed E-state index contributed by atoms with van der Waals surface area (Å²) < 4.78 is 13.4. The van der Waals surface area contributed by atoms with Crippen LogP contribution in [-0.2, 0) is 0 Å². The lowest BCUT2D eigenvalue weighted by Gasteiger charge is -2.21. The lowest BCUT2D eigenvalue weighted by Crippen LogP contribution is -2.30. The molecule has 0 spiro atoms. The van der Waals surface area contributed by atoms with E-state index in [-0.39, 0.29) is 11.9 Å². The topological polar surface area (TPSA) is 38.0 Å². The van der Waals surface area contributed by atoms with Crippen LogP contribution in [0.4, 0.5) is 4.39 Å². The van der Waals surface area contributed by atoms with Gasteiger partial charge in [0.05, 0.1) is 6.04 Å². The SMILES string of the molecule is Cc1cc(C(NN)c2c(C)cccc2C)ccc1F. The van der Waals surface area contributed by atoms with Crippen molar-refractivity contribution < 1.29 is 4.39 Å². The Balaban J connectivity index is 2.53. The fourth-order valence-corrected chi connectivity index (χ4v) is 2.48. The van der Waals surface area contributed by atoms with Gasteiger partial charge in [-0.2, -0.15) is 0 Å². The van der Waals surface area contributed by atoms with Crippen LogP contribution in [-0.4, -0.2) is 0 Å². The largest absolute Gasteiger partial charge is 0.271 e. The third-order valence-corrected chi connectivity index (χ3v) is 3.51. The zero-order chi connectivity index (χ0) is 14.0. The Morgan fingerprint density at radius 3 is 2.16 bits per heavy atom. The van der Waals surface area contributed by atoms with E-state index in [2.05, 4.69) is 31.4 Å². The molecular weight excluding hydrogens is 239 g/mol. The molecule has 3 N–H and O–H groups in total. The highest BCUT2D eigenvalue weighted by Gasteiger charge is 2.17. The van der Waals surface area contributed by atoms with Gasteiger partial charge in [0.1, 0.15) is 5.82 Å². The first-order chi connectivity index (χ1) is 9.04. The van der Waals surface area contributed by atoms with Crippen LogP contribution in [0.2, 0.25) is 0 Å². The van der Waals surface area contributed by atoms with Gasteiger partial charge in [-0.3, -0.25) is 5.84 Å². The van der Waals surface area contributed by atoms with Gasteiger partial charge in [-0.15, -0.1) is 0 Å². The van der Waals surface area contributed by atoms with Crippen molar-refractivity contribution in [1.82, 2.24) is 5.43 Å². The van der Waals surface area contributed by atoms with E-state index in [1.807, 2.05) is 12.1 Å². The van der Waals surface area contributed by atoms with Gasteiger partial charge in [0.15, 0.2) is 0 Å². The molecule has 0 radical (unpaired) electrons. The summed E-state index contributed by atoms with van der Waals surface area (Å²) in [4.78, 5) is 0. The van der Waals surface area contributed by atoms with Crippen LogP contribution in [0.1, 0.15) is 33.9 Å². The van der Waals surface area contributed by atoms with Crippen LogP contribution in [0.25, 0.3) is 0 Å². The lowest BCUT2D eigenvalue weighted by atomic mass is 9.91. The number of aryl methyl sites for hydroxylation is 3. The molecule has 1 unspecified atom stereocenters. The molecule has 0 aliphatic heterocycles. The first-order valence-electron chi connectivity index (χ1n) is 6.33. The molecule has 2 rings (SSSR count). The van der Waals surface area contributed by atoms with Gasteiger partial charge >= 0.3 is 0 Å². The predicted molar refractivity (Wildman–Crippen MR) is 76.2 cm³/mol. The average molecular weight is 258 g/mol. The van der Waals surface area contributed by atoms with E-state index in [1.165, 1.54) is 17.2 Å². The molecule has 0 amide bonds. The minimum atomic E-state index is -0.193. The minimum absolute atomic E-state index is 0.125. The van der Waals surface area contributed by atoms with Gasteiger partial charge < -0.3 is 0 Å². The molecule has 1 atom stereocenters. The summed E-state index contributed by atoms with van der Waals surface area (Å²) in [5.41, 5.74) is 7.93. The third kappa shape index (κ3) is 2.67. The van der Waals surface area contributed by atoms with E-state index >= 15 is 0 Å². The van der Waals surface area contributed by atoms with Gasteiger partial charge in [0.25, 0.3) is 0 Å². The molecule has 0 aromatic heterocycles. The molecule has 2 aromatic carbocycles. The molecule has 2 aromatic rings. The Morgan fingerprint density at radius 2 is 1.63 bits per heavy atom. The van der Waals surface area contributed by atoms with E-state index < -0.39 is 0 Å². The van der Waals surface area contributed by atoms with Crippen molar-refractivity contribution in [3.63, 3.8) is 0 Å². The summed E-state index contributed by atoms with van der Waals surface area (Å²) in [6.45, 7) is 5.88. The second-order valence-electron chi connectivity index (χ2n) is 4.91. The zero-order valence-corrected chi connectivity index (χ0v) is 11.5. The maximum Gasteiger partial charge on any atom is 0.126 e.